The molecule has 0 saturated carbocycles. The van der Waals surface area contributed by atoms with Crippen LogP contribution >= 0.6 is 0 Å². The zero-order chi connectivity index (χ0) is 25.4. The second-order valence-electron chi connectivity index (χ2n) is 7.67. The maximum absolute atomic E-state index is 13.0. The topological polar surface area (TPSA) is 182 Å². The number of benzene rings is 2. The van der Waals surface area contributed by atoms with Gasteiger partial charge in [-0.1, -0.05) is 36.4 Å². The van der Waals surface area contributed by atoms with Crippen molar-refractivity contribution in [1.82, 2.24) is 14.5 Å². The number of likely N-dealkylation sites (N-methyl/N-ethyl adjacent to an activating group) is 1. The average molecular weight is 478 g/mol. The van der Waals surface area contributed by atoms with E-state index < -0.39 is 51.7 Å². The van der Waals surface area contributed by atoms with Crippen molar-refractivity contribution < 1.29 is 19.3 Å². The van der Waals surface area contributed by atoms with Gasteiger partial charge in [-0.15, -0.1) is 0 Å². The standard InChI is InChI=1S/C22H18N6O7/c1-25(17-18(23)26(22(33)24-19(17)30)10-12-6-3-2-4-7-12)15(29)11-27-20(31)13-8-5-9-14(28(34)35)16(13)21(27)32/h2-9H,10-11,23H2,1H3,(H,24,30,33). The van der Waals surface area contributed by atoms with Gasteiger partial charge in [-0.3, -0.25) is 43.7 Å². The molecule has 13 nitrogen and oxygen atoms in total. The molecule has 4 rings (SSSR count). The number of aromatic nitrogens is 2. The van der Waals surface area contributed by atoms with Crippen molar-refractivity contribution in [1.29, 1.82) is 0 Å². The van der Waals surface area contributed by atoms with E-state index in [0.29, 0.717) is 10.5 Å². The number of H-pyrrole nitrogens is 1. The Morgan fingerprint density at radius 3 is 2.40 bits per heavy atom. The predicted octanol–water partition coefficient (Wildman–Crippen LogP) is 0.334. The summed E-state index contributed by atoms with van der Waals surface area (Å²) >= 11 is 0. The molecule has 0 radical (unpaired) electrons. The van der Waals surface area contributed by atoms with Gasteiger partial charge in [-0.05, 0) is 11.6 Å². The summed E-state index contributed by atoms with van der Waals surface area (Å²) in [6, 6.07) is 12.4. The molecule has 0 unspecified atom stereocenters. The third kappa shape index (κ3) is 3.94. The van der Waals surface area contributed by atoms with Gasteiger partial charge in [0.25, 0.3) is 23.1 Å². The molecule has 0 saturated heterocycles. The molecule has 3 amide bonds. The largest absolute Gasteiger partial charge is 0.383 e. The highest BCUT2D eigenvalue weighted by atomic mass is 16.6. The van der Waals surface area contributed by atoms with E-state index in [2.05, 4.69) is 4.98 Å². The smallest absolute Gasteiger partial charge is 0.330 e. The number of amides is 3. The van der Waals surface area contributed by atoms with E-state index >= 15 is 0 Å². The molecule has 0 fully saturated rings. The Morgan fingerprint density at radius 1 is 1.06 bits per heavy atom. The Bertz CT molecular complexity index is 1510. The number of nitrogens with zero attached hydrogens (tertiary/aromatic N) is 4. The lowest BCUT2D eigenvalue weighted by Gasteiger charge is -2.22. The molecule has 13 heteroatoms. The summed E-state index contributed by atoms with van der Waals surface area (Å²) in [7, 11) is 1.20. The van der Waals surface area contributed by atoms with E-state index in [4.69, 9.17) is 5.73 Å². The summed E-state index contributed by atoms with van der Waals surface area (Å²) in [5.74, 6) is -3.07. The molecule has 0 bridgehead atoms. The van der Waals surface area contributed by atoms with E-state index in [1.54, 1.807) is 30.3 Å². The molecule has 1 aliphatic rings. The normalized spacial score (nSPS) is 12.5. The van der Waals surface area contributed by atoms with Crippen LogP contribution in [-0.2, 0) is 11.3 Å². The molecule has 1 aromatic heterocycles. The van der Waals surface area contributed by atoms with E-state index in [-0.39, 0.29) is 23.6 Å². The molecule has 3 aromatic rings. The number of fused-ring (bicyclic) bond motifs is 1. The molecular formula is C22H18N6O7. The Balaban J connectivity index is 1.64. The van der Waals surface area contributed by atoms with Crippen LogP contribution in [0, 0.1) is 10.1 Å². The third-order valence-electron chi connectivity index (χ3n) is 5.57. The lowest BCUT2D eigenvalue weighted by Crippen LogP contribution is -2.44. The molecule has 0 atom stereocenters. The number of hydrogen-bond acceptors (Lipinski definition) is 8. The van der Waals surface area contributed by atoms with E-state index in [1.807, 2.05) is 0 Å². The minimum atomic E-state index is -1.00. The number of carbonyl (C=O) groups excluding carboxylic acids is 3. The first-order chi connectivity index (χ1) is 16.6. The number of anilines is 2. The first kappa shape index (κ1) is 23.1. The van der Waals surface area contributed by atoms with Crippen molar-refractivity contribution in [2.45, 2.75) is 6.54 Å². The van der Waals surface area contributed by atoms with Crippen LogP contribution in [0.5, 0.6) is 0 Å². The Labute approximate surface area is 196 Å². The number of carbonyl (C=O) groups is 3. The lowest BCUT2D eigenvalue weighted by molar-refractivity contribution is -0.385. The fraction of sp³-hybridized carbons (Fsp3) is 0.136. The second kappa shape index (κ2) is 8.70. The molecule has 3 N–H and O–H groups in total. The number of nitro benzene ring substituents is 1. The monoisotopic (exact) mass is 478 g/mol. The molecule has 178 valence electrons. The molecule has 0 aliphatic carbocycles. The first-order valence-corrected chi connectivity index (χ1v) is 10.2. The summed E-state index contributed by atoms with van der Waals surface area (Å²) in [6.07, 6.45) is 0. The molecule has 35 heavy (non-hydrogen) atoms. The maximum atomic E-state index is 13.0. The molecule has 0 spiro atoms. The zero-order valence-electron chi connectivity index (χ0n) is 18.3. The average Bonchev–Trinajstić information content (AvgIpc) is 3.07. The minimum Gasteiger partial charge on any atom is -0.383 e. The Morgan fingerprint density at radius 2 is 1.74 bits per heavy atom. The van der Waals surface area contributed by atoms with Crippen LogP contribution < -0.4 is 21.9 Å². The van der Waals surface area contributed by atoms with Crippen molar-refractivity contribution in [3.05, 3.63) is 96.2 Å². The highest BCUT2D eigenvalue weighted by Gasteiger charge is 2.42. The Hall–Kier alpha value is -5.07. The lowest BCUT2D eigenvalue weighted by atomic mass is 10.1. The van der Waals surface area contributed by atoms with Crippen LogP contribution in [0.1, 0.15) is 26.3 Å². The number of rotatable bonds is 6. The number of nitrogens with two attached hydrogens (primary N) is 1. The fourth-order valence-corrected chi connectivity index (χ4v) is 3.80. The summed E-state index contributed by atoms with van der Waals surface area (Å²) in [4.78, 5) is 77.2. The van der Waals surface area contributed by atoms with Crippen LogP contribution in [0.15, 0.2) is 58.1 Å². The molecule has 1 aliphatic heterocycles. The zero-order valence-corrected chi connectivity index (χ0v) is 18.3. The van der Waals surface area contributed by atoms with Gasteiger partial charge in [0.15, 0.2) is 5.69 Å². The van der Waals surface area contributed by atoms with Crippen LogP contribution in [0.3, 0.4) is 0 Å². The van der Waals surface area contributed by atoms with Crippen molar-refractivity contribution in [2.24, 2.45) is 0 Å². The van der Waals surface area contributed by atoms with E-state index in [1.165, 1.54) is 19.2 Å². The summed E-state index contributed by atoms with van der Waals surface area (Å²) in [5.41, 5.74) is 3.55. The van der Waals surface area contributed by atoms with Crippen molar-refractivity contribution in [3.63, 3.8) is 0 Å². The number of nitro groups is 1. The predicted molar refractivity (Wildman–Crippen MR) is 123 cm³/mol. The van der Waals surface area contributed by atoms with E-state index in [9.17, 15) is 34.1 Å². The van der Waals surface area contributed by atoms with Crippen LogP contribution in [0.2, 0.25) is 0 Å². The summed E-state index contributed by atoms with van der Waals surface area (Å²) < 4.78 is 1.07. The number of hydrogen-bond donors (Lipinski definition) is 2. The molecule has 2 aromatic carbocycles. The van der Waals surface area contributed by atoms with Crippen LogP contribution in [0.25, 0.3) is 0 Å². The number of nitrogen functional groups attached to an aromatic ring is 1. The maximum Gasteiger partial charge on any atom is 0.330 e. The Kier molecular flexibility index (Phi) is 5.74. The number of imide groups is 1. The first-order valence-electron chi connectivity index (χ1n) is 10.2. The van der Waals surface area contributed by atoms with Gasteiger partial charge in [-0.2, -0.15) is 0 Å². The summed E-state index contributed by atoms with van der Waals surface area (Å²) in [5, 5.41) is 11.3. The van der Waals surface area contributed by atoms with Gasteiger partial charge in [0.05, 0.1) is 17.0 Å². The SMILES string of the molecule is CN(C(=O)CN1C(=O)c2cccc([N+](=O)[O-])c2C1=O)c1c(N)n(Cc2ccccc2)c(=O)[nH]c1=O. The van der Waals surface area contributed by atoms with Crippen LogP contribution in [-0.4, -0.2) is 50.7 Å². The van der Waals surface area contributed by atoms with Gasteiger partial charge < -0.3 is 10.6 Å². The third-order valence-corrected chi connectivity index (χ3v) is 5.57. The van der Waals surface area contributed by atoms with Gasteiger partial charge in [0.1, 0.15) is 17.9 Å². The number of aromatic amines is 1. The van der Waals surface area contributed by atoms with Gasteiger partial charge in [-0.25, -0.2) is 4.79 Å². The van der Waals surface area contributed by atoms with Gasteiger partial charge in [0, 0.05) is 13.1 Å². The minimum absolute atomic E-state index is 0.0133. The van der Waals surface area contributed by atoms with Crippen molar-refractivity contribution in [3.8, 4) is 0 Å². The molecular weight excluding hydrogens is 460 g/mol. The highest BCUT2D eigenvalue weighted by molar-refractivity contribution is 6.24. The number of nitrogens with one attached hydrogen (secondary N) is 1. The quantitative estimate of drug-likeness (QED) is 0.289. The van der Waals surface area contributed by atoms with Crippen molar-refractivity contribution >= 4 is 34.9 Å². The van der Waals surface area contributed by atoms with Gasteiger partial charge in [0.2, 0.25) is 5.91 Å². The van der Waals surface area contributed by atoms with E-state index in [0.717, 1.165) is 15.5 Å². The highest BCUT2D eigenvalue weighted by Crippen LogP contribution is 2.30. The van der Waals surface area contributed by atoms with Crippen LogP contribution in [0.4, 0.5) is 17.2 Å². The molecule has 2 heterocycles. The van der Waals surface area contributed by atoms with Gasteiger partial charge >= 0.3 is 5.69 Å². The van der Waals surface area contributed by atoms with Crippen molar-refractivity contribution in [2.75, 3.05) is 24.2 Å². The summed E-state index contributed by atoms with van der Waals surface area (Å²) in [6.45, 7) is -0.796. The fourth-order valence-electron chi connectivity index (χ4n) is 3.80. The second-order valence-corrected chi connectivity index (χ2v) is 7.67.